The van der Waals surface area contributed by atoms with Crippen molar-refractivity contribution in [3.8, 4) is 0 Å². The van der Waals surface area contributed by atoms with Gasteiger partial charge in [-0.05, 0) is 12.1 Å². The summed E-state index contributed by atoms with van der Waals surface area (Å²) >= 11 is 1.95. The minimum atomic E-state index is -1.29. The van der Waals surface area contributed by atoms with Crippen molar-refractivity contribution in [2.75, 3.05) is 43.0 Å². The van der Waals surface area contributed by atoms with Gasteiger partial charge in [-0.3, -0.25) is 15.0 Å². The number of thioether (sulfide) groups is 1. The van der Waals surface area contributed by atoms with Crippen LogP contribution in [0.4, 0.5) is 11.4 Å². The lowest BCUT2D eigenvalue weighted by Crippen LogP contribution is -2.36. The number of nitrogens with one attached hydrogen (secondary N) is 1. The molecule has 1 heterocycles. The molecule has 0 unspecified atom stereocenters. The highest BCUT2D eigenvalue weighted by Crippen LogP contribution is 2.22. The molecule has 0 atom stereocenters. The highest BCUT2D eigenvalue weighted by atomic mass is 32.2. The van der Waals surface area contributed by atoms with Crippen LogP contribution in [-0.2, 0) is 0 Å². The Balaban J connectivity index is 1.95. The van der Waals surface area contributed by atoms with E-state index in [1.165, 1.54) is 18.2 Å². The lowest BCUT2D eigenvalue weighted by atomic mass is 10.1. The van der Waals surface area contributed by atoms with Gasteiger partial charge in [0, 0.05) is 49.4 Å². The lowest BCUT2D eigenvalue weighted by molar-refractivity contribution is -0.385. The average molecular weight is 311 g/mol. The second-order valence-electron chi connectivity index (χ2n) is 4.67. The number of nitro groups is 1. The molecule has 0 saturated carbocycles. The number of aromatic carboxylic acids is 1. The van der Waals surface area contributed by atoms with Gasteiger partial charge in [0.05, 0.1) is 4.92 Å². The first kappa shape index (κ1) is 15.6. The van der Waals surface area contributed by atoms with Crippen molar-refractivity contribution in [3.05, 3.63) is 33.9 Å². The third-order valence-electron chi connectivity index (χ3n) is 3.28. The third kappa shape index (κ3) is 4.33. The zero-order valence-corrected chi connectivity index (χ0v) is 12.3. The minimum absolute atomic E-state index is 0.292. The summed E-state index contributed by atoms with van der Waals surface area (Å²) in [6.45, 7) is 3.68. The molecule has 1 aromatic rings. The van der Waals surface area contributed by atoms with E-state index in [2.05, 4.69) is 10.2 Å². The van der Waals surface area contributed by atoms with E-state index in [0.717, 1.165) is 31.1 Å². The fourth-order valence-electron chi connectivity index (χ4n) is 2.16. The number of nitro benzene ring substituents is 1. The molecule has 1 aliphatic rings. The molecule has 114 valence electrons. The Bertz CT molecular complexity index is 532. The van der Waals surface area contributed by atoms with Crippen LogP contribution in [0.15, 0.2) is 18.2 Å². The van der Waals surface area contributed by atoms with Gasteiger partial charge >= 0.3 is 5.97 Å². The summed E-state index contributed by atoms with van der Waals surface area (Å²) in [5.74, 6) is 0.986. The summed E-state index contributed by atoms with van der Waals surface area (Å²) in [5, 5.41) is 22.9. The van der Waals surface area contributed by atoms with Crippen LogP contribution in [0.25, 0.3) is 0 Å². The van der Waals surface area contributed by atoms with Gasteiger partial charge < -0.3 is 10.4 Å². The molecule has 1 aromatic carbocycles. The quantitative estimate of drug-likeness (QED) is 0.610. The van der Waals surface area contributed by atoms with E-state index in [0.29, 0.717) is 12.2 Å². The van der Waals surface area contributed by atoms with Crippen LogP contribution in [-0.4, -0.2) is 58.6 Å². The second-order valence-corrected chi connectivity index (χ2v) is 5.90. The topological polar surface area (TPSA) is 95.7 Å². The zero-order chi connectivity index (χ0) is 15.2. The van der Waals surface area contributed by atoms with Crippen molar-refractivity contribution in [1.29, 1.82) is 0 Å². The Labute approximate surface area is 126 Å². The summed E-state index contributed by atoms with van der Waals surface area (Å²) < 4.78 is 0. The Morgan fingerprint density at radius 2 is 2.14 bits per heavy atom. The molecule has 0 bridgehead atoms. The standard InChI is InChI=1S/C13H17N3O4S/c17-13(18)11-9-10(1-2-12(11)16(19)20)14-3-4-15-5-7-21-8-6-15/h1-2,9,14H,3-8H2,(H,17,18). The van der Waals surface area contributed by atoms with Crippen LogP contribution in [0.3, 0.4) is 0 Å². The Morgan fingerprint density at radius 1 is 1.43 bits per heavy atom. The van der Waals surface area contributed by atoms with Gasteiger partial charge in [0.25, 0.3) is 5.69 Å². The molecule has 8 heteroatoms. The molecule has 2 rings (SSSR count). The van der Waals surface area contributed by atoms with Gasteiger partial charge in [-0.25, -0.2) is 4.79 Å². The van der Waals surface area contributed by atoms with Gasteiger partial charge in [0.15, 0.2) is 0 Å². The zero-order valence-electron chi connectivity index (χ0n) is 11.4. The maximum Gasteiger partial charge on any atom is 0.342 e. The summed E-state index contributed by atoms with van der Waals surface area (Å²) in [6.07, 6.45) is 0. The van der Waals surface area contributed by atoms with Crippen LogP contribution in [0.5, 0.6) is 0 Å². The van der Waals surface area contributed by atoms with Crippen LogP contribution < -0.4 is 5.32 Å². The van der Waals surface area contributed by atoms with Gasteiger partial charge in [0.2, 0.25) is 0 Å². The van der Waals surface area contributed by atoms with Crippen molar-refractivity contribution < 1.29 is 14.8 Å². The SMILES string of the molecule is O=C(O)c1cc(NCCN2CCSCC2)ccc1[N+](=O)[O-]. The molecule has 7 nitrogen and oxygen atoms in total. The number of carboxylic acids is 1. The van der Waals surface area contributed by atoms with E-state index in [4.69, 9.17) is 5.11 Å². The van der Waals surface area contributed by atoms with E-state index in [-0.39, 0.29) is 11.3 Å². The van der Waals surface area contributed by atoms with Crippen molar-refractivity contribution in [3.63, 3.8) is 0 Å². The van der Waals surface area contributed by atoms with Crippen LogP contribution >= 0.6 is 11.8 Å². The molecule has 0 aliphatic carbocycles. The van der Waals surface area contributed by atoms with E-state index < -0.39 is 10.9 Å². The molecule has 21 heavy (non-hydrogen) atoms. The Kier molecular flexibility index (Phi) is 5.40. The predicted octanol–water partition coefficient (Wildman–Crippen LogP) is 1.75. The molecular weight excluding hydrogens is 294 g/mol. The molecule has 0 spiro atoms. The van der Waals surface area contributed by atoms with Crippen molar-refractivity contribution >= 4 is 29.1 Å². The number of anilines is 1. The van der Waals surface area contributed by atoms with E-state index in [1.807, 2.05) is 11.8 Å². The van der Waals surface area contributed by atoms with Crippen LogP contribution in [0.2, 0.25) is 0 Å². The highest BCUT2D eigenvalue weighted by molar-refractivity contribution is 7.99. The molecule has 1 saturated heterocycles. The summed E-state index contributed by atoms with van der Waals surface area (Å²) in [4.78, 5) is 23.5. The minimum Gasteiger partial charge on any atom is -0.477 e. The first-order chi connectivity index (χ1) is 10.1. The van der Waals surface area contributed by atoms with Gasteiger partial charge in [0.1, 0.15) is 5.56 Å². The Hall–Kier alpha value is -1.80. The number of carbonyl (C=O) groups is 1. The molecule has 1 fully saturated rings. The van der Waals surface area contributed by atoms with Crippen molar-refractivity contribution in [2.24, 2.45) is 0 Å². The number of carboxylic acid groups (broad SMARTS) is 1. The number of benzene rings is 1. The summed E-state index contributed by atoms with van der Waals surface area (Å²) in [5.41, 5.74) is -0.0927. The fourth-order valence-corrected chi connectivity index (χ4v) is 3.14. The fraction of sp³-hybridized carbons (Fsp3) is 0.462. The number of rotatable bonds is 6. The Morgan fingerprint density at radius 3 is 2.76 bits per heavy atom. The van der Waals surface area contributed by atoms with Crippen LogP contribution in [0.1, 0.15) is 10.4 Å². The first-order valence-electron chi connectivity index (χ1n) is 6.63. The molecule has 1 aliphatic heterocycles. The third-order valence-corrected chi connectivity index (χ3v) is 4.23. The first-order valence-corrected chi connectivity index (χ1v) is 7.79. The van der Waals surface area contributed by atoms with Crippen molar-refractivity contribution in [2.45, 2.75) is 0 Å². The predicted molar refractivity (Wildman–Crippen MR) is 82.3 cm³/mol. The monoisotopic (exact) mass is 311 g/mol. The van der Waals surface area contributed by atoms with E-state index in [1.54, 1.807) is 0 Å². The normalized spacial score (nSPS) is 15.6. The van der Waals surface area contributed by atoms with Crippen LogP contribution in [0, 0.1) is 10.1 Å². The largest absolute Gasteiger partial charge is 0.477 e. The molecule has 2 N–H and O–H groups in total. The van der Waals surface area contributed by atoms with Gasteiger partial charge in [-0.15, -0.1) is 0 Å². The van der Waals surface area contributed by atoms with Crippen molar-refractivity contribution in [1.82, 2.24) is 4.90 Å². The van der Waals surface area contributed by atoms with Gasteiger partial charge in [-0.1, -0.05) is 0 Å². The maximum absolute atomic E-state index is 11.1. The highest BCUT2D eigenvalue weighted by Gasteiger charge is 2.19. The second kappa shape index (κ2) is 7.28. The molecule has 0 amide bonds. The number of nitrogens with zero attached hydrogens (tertiary/aromatic N) is 2. The number of hydrogen-bond donors (Lipinski definition) is 2. The maximum atomic E-state index is 11.1. The smallest absolute Gasteiger partial charge is 0.342 e. The van der Waals surface area contributed by atoms with E-state index in [9.17, 15) is 14.9 Å². The average Bonchev–Trinajstić information content (AvgIpc) is 2.48. The van der Waals surface area contributed by atoms with Gasteiger partial charge in [-0.2, -0.15) is 11.8 Å². The molecule has 0 radical (unpaired) electrons. The van der Waals surface area contributed by atoms with E-state index >= 15 is 0 Å². The number of hydrogen-bond acceptors (Lipinski definition) is 6. The molecule has 0 aromatic heterocycles. The molecular formula is C13H17N3O4S. The summed E-state index contributed by atoms with van der Waals surface area (Å²) in [6, 6.07) is 4.08. The summed E-state index contributed by atoms with van der Waals surface area (Å²) in [7, 11) is 0. The lowest BCUT2D eigenvalue weighted by Gasteiger charge is -2.26.